The van der Waals surface area contributed by atoms with Gasteiger partial charge in [0.1, 0.15) is 0 Å². The maximum atomic E-state index is 4.09. The Balaban J connectivity index is 2.75. The highest BCUT2D eigenvalue weighted by atomic mass is 14.4. The lowest BCUT2D eigenvalue weighted by Crippen LogP contribution is -2.27. The molecule has 1 aliphatic rings. The van der Waals surface area contributed by atoms with Crippen LogP contribution >= 0.6 is 0 Å². The number of hydrogen-bond acceptors (Lipinski definition) is 0. The minimum Gasteiger partial charge on any atom is -0.0780 e. The van der Waals surface area contributed by atoms with Gasteiger partial charge >= 0.3 is 0 Å². The van der Waals surface area contributed by atoms with Crippen LogP contribution in [0.25, 0.3) is 0 Å². The van der Waals surface area contributed by atoms with Gasteiger partial charge in [0.05, 0.1) is 0 Å². The molecule has 0 heteroatoms. The summed E-state index contributed by atoms with van der Waals surface area (Å²) in [6.07, 6.45) is 11.8. The van der Waals surface area contributed by atoms with Gasteiger partial charge in [0, 0.05) is 0 Å². The van der Waals surface area contributed by atoms with E-state index < -0.39 is 0 Å². The van der Waals surface area contributed by atoms with Crippen molar-refractivity contribution in [3.8, 4) is 0 Å². The van der Waals surface area contributed by atoms with Gasteiger partial charge in [0.15, 0.2) is 0 Å². The van der Waals surface area contributed by atoms with Gasteiger partial charge in [-0.3, -0.25) is 0 Å². The molecule has 1 radical (unpaired) electrons. The van der Waals surface area contributed by atoms with Crippen molar-refractivity contribution in [2.24, 2.45) is 11.3 Å². The van der Waals surface area contributed by atoms with Crippen LogP contribution in [-0.4, -0.2) is 0 Å². The summed E-state index contributed by atoms with van der Waals surface area (Å²) < 4.78 is 0. The zero-order valence-corrected chi connectivity index (χ0v) is 9.84. The Bertz CT molecular complexity index is 234. The zero-order chi connectivity index (χ0) is 10.6. The second kappa shape index (κ2) is 4.82. The fraction of sp³-hybridized carbons (Fsp3) is 0.643. The van der Waals surface area contributed by atoms with E-state index in [2.05, 4.69) is 45.9 Å². The highest BCUT2D eigenvalue weighted by Crippen LogP contribution is 2.42. The molecule has 2 atom stereocenters. The molecule has 0 aromatic rings. The molecule has 79 valence electrons. The molecular formula is C14H23. The zero-order valence-electron chi connectivity index (χ0n) is 9.84. The van der Waals surface area contributed by atoms with Crippen molar-refractivity contribution in [3.63, 3.8) is 0 Å². The third-order valence-electron chi connectivity index (χ3n) is 3.54. The minimum atomic E-state index is 0.358. The van der Waals surface area contributed by atoms with Crippen molar-refractivity contribution < 1.29 is 0 Å². The number of allylic oxidation sites excluding steroid dienone is 4. The van der Waals surface area contributed by atoms with Crippen LogP contribution in [0.15, 0.2) is 23.8 Å². The van der Waals surface area contributed by atoms with Gasteiger partial charge < -0.3 is 0 Å². The van der Waals surface area contributed by atoms with E-state index >= 15 is 0 Å². The Hall–Kier alpha value is -0.520. The lowest BCUT2D eigenvalue weighted by atomic mass is 9.67. The van der Waals surface area contributed by atoms with E-state index in [9.17, 15) is 0 Å². The molecule has 1 aliphatic carbocycles. The van der Waals surface area contributed by atoms with E-state index in [1.54, 1.807) is 0 Å². The molecule has 0 fully saturated rings. The molecule has 0 heterocycles. The fourth-order valence-corrected chi connectivity index (χ4v) is 2.54. The highest BCUT2D eigenvalue weighted by Gasteiger charge is 2.32. The average molecular weight is 191 g/mol. The van der Waals surface area contributed by atoms with Crippen molar-refractivity contribution >= 4 is 0 Å². The third kappa shape index (κ3) is 2.29. The van der Waals surface area contributed by atoms with E-state index in [-0.39, 0.29) is 0 Å². The van der Waals surface area contributed by atoms with Gasteiger partial charge in [0.25, 0.3) is 0 Å². The SMILES string of the molecule is [CH2]CC1C(C)=CC=CC1(C)CCCC. The summed E-state index contributed by atoms with van der Waals surface area (Å²) in [4.78, 5) is 0. The Kier molecular flexibility index (Phi) is 3.97. The summed E-state index contributed by atoms with van der Waals surface area (Å²) in [7, 11) is 0. The minimum absolute atomic E-state index is 0.358. The van der Waals surface area contributed by atoms with E-state index in [4.69, 9.17) is 0 Å². The number of hydrogen-bond donors (Lipinski definition) is 0. The molecule has 0 aliphatic heterocycles. The summed E-state index contributed by atoms with van der Waals surface area (Å²) in [6, 6.07) is 0. The lowest BCUT2D eigenvalue weighted by molar-refractivity contribution is 0.261. The topological polar surface area (TPSA) is 0 Å². The standard InChI is InChI=1S/C14H23/c1-5-7-10-14(4)11-8-9-12(3)13(14)6-2/h8-9,11,13H,2,5-7,10H2,1,3-4H3. The third-order valence-corrected chi connectivity index (χ3v) is 3.54. The molecule has 14 heavy (non-hydrogen) atoms. The molecule has 1 rings (SSSR count). The summed E-state index contributed by atoms with van der Waals surface area (Å²) in [5.41, 5.74) is 1.86. The van der Waals surface area contributed by atoms with Gasteiger partial charge in [-0.25, -0.2) is 0 Å². The van der Waals surface area contributed by atoms with Crippen molar-refractivity contribution in [1.29, 1.82) is 0 Å². The Morgan fingerprint density at radius 3 is 2.79 bits per heavy atom. The summed E-state index contributed by atoms with van der Waals surface area (Å²) in [5, 5.41) is 0. The van der Waals surface area contributed by atoms with Crippen molar-refractivity contribution in [1.82, 2.24) is 0 Å². The Labute approximate surface area is 89.1 Å². The van der Waals surface area contributed by atoms with Gasteiger partial charge in [-0.15, -0.1) is 0 Å². The van der Waals surface area contributed by atoms with E-state index in [1.165, 1.54) is 24.8 Å². The molecule has 0 aromatic heterocycles. The van der Waals surface area contributed by atoms with E-state index in [1.807, 2.05) is 0 Å². The van der Waals surface area contributed by atoms with Crippen LogP contribution in [0.3, 0.4) is 0 Å². The molecule has 0 spiro atoms. The van der Waals surface area contributed by atoms with Crippen molar-refractivity contribution in [3.05, 3.63) is 30.7 Å². The van der Waals surface area contributed by atoms with Crippen LogP contribution in [0, 0.1) is 18.3 Å². The molecule has 2 unspecified atom stereocenters. The van der Waals surface area contributed by atoms with Crippen LogP contribution in [0.1, 0.15) is 46.5 Å². The van der Waals surface area contributed by atoms with E-state index in [0.29, 0.717) is 11.3 Å². The molecule has 0 amide bonds. The number of unbranched alkanes of at least 4 members (excludes halogenated alkanes) is 1. The van der Waals surface area contributed by atoms with Crippen LogP contribution in [-0.2, 0) is 0 Å². The maximum Gasteiger partial charge on any atom is -0.00780 e. The monoisotopic (exact) mass is 191 g/mol. The highest BCUT2D eigenvalue weighted by molar-refractivity contribution is 5.25. The van der Waals surface area contributed by atoms with E-state index in [0.717, 1.165) is 6.42 Å². The Morgan fingerprint density at radius 1 is 1.50 bits per heavy atom. The van der Waals surface area contributed by atoms with Gasteiger partial charge in [-0.05, 0) is 31.1 Å². The smallest absolute Gasteiger partial charge is 0.00780 e. The molecule has 0 saturated carbocycles. The molecule has 0 bridgehead atoms. The van der Waals surface area contributed by atoms with Gasteiger partial charge in [0.2, 0.25) is 0 Å². The van der Waals surface area contributed by atoms with Crippen molar-refractivity contribution in [2.75, 3.05) is 0 Å². The second-order valence-electron chi connectivity index (χ2n) is 4.72. The maximum absolute atomic E-state index is 4.09. The first kappa shape index (κ1) is 11.6. The van der Waals surface area contributed by atoms with Crippen LogP contribution in [0.4, 0.5) is 0 Å². The average Bonchev–Trinajstić information content (AvgIpc) is 2.15. The summed E-state index contributed by atoms with van der Waals surface area (Å²) in [6.45, 7) is 11.0. The summed E-state index contributed by atoms with van der Waals surface area (Å²) >= 11 is 0. The van der Waals surface area contributed by atoms with Gasteiger partial charge in [-0.1, -0.05) is 57.4 Å². The molecule has 0 nitrogen and oxygen atoms in total. The predicted octanol–water partition coefficient (Wildman–Crippen LogP) is 4.54. The predicted molar refractivity (Wildman–Crippen MR) is 64.0 cm³/mol. The molecule has 0 aromatic carbocycles. The first-order valence-corrected chi connectivity index (χ1v) is 5.79. The van der Waals surface area contributed by atoms with Crippen LogP contribution in [0.5, 0.6) is 0 Å². The lowest BCUT2D eigenvalue weighted by Gasteiger charge is -2.38. The molecule has 0 saturated heterocycles. The second-order valence-corrected chi connectivity index (χ2v) is 4.72. The first-order chi connectivity index (χ1) is 6.64. The normalized spacial score (nSPS) is 31.7. The fourth-order valence-electron chi connectivity index (χ4n) is 2.54. The first-order valence-electron chi connectivity index (χ1n) is 5.79. The van der Waals surface area contributed by atoms with Gasteiger partial charge in [-0.2, -0.15) is 0 Å². The van der Waals surface area contributed by atoms with Crippen LogP contribution < -0.4 is 0 Å². The van der Waals surface area contributed by atoms with Crippen LogP contribution in [0.2, 0.25) is 0 Å². The number of rotatable bonds is 4. The molecule has 0 N–H and O–H groups in total. The Morgan fingerprint density at radius 2 is 2.21 bits per heavy atom. The van der Waals surface area contributed by atoms with Crippen molar-refractivity contribution in [2.45, 2.75) is 46.5 Å². The molecular weight excluding hydrogens is 168 g/mol. The largest absolute Gasteiger partial charge is 0.0780 e. The summed E-state index contributed by atoms with van der Waals surface area (Å²) in [5.74, 6) is 0.652. The quantitative estimate of drug-likeness (QED) is 0.612.